The van der Waals surface area contributed by atoms with Crippen molar-refractivity contribution < 1.29 is 4.79 Å². The van der Waals surface area contributed by atoms with Crippen LogP contribution in [0.1, 0.15) is 32.1 Å². The number of thiazole rings is 1. The fourth-order valence-corrected chi connectivity index (χ4v) is 3.35. The zero-order valence-corrected chi connectivity index (χ0v) is 15.1. The standard InChI is InChI=1S/C20H20N2OS/c1-12-5-8-16(9-6-12)20-22-18(15(4)24-20)19(23)21-17-10-7-13(2)14(3)11-17/h5-11H,1-4H3,(H,21,23). The van der Waals surface area contributed by atoms with Crippen LogP contribution in [0.3, 0.4) is 0 Å². The summed E-state index contributed by atoms with van der Waals surface area (Å²) in [6, 6.07) is 14.1. The Morgan fingerprint density at radius 3 is 2.33 bits per heavy atom. The number of rotatable bonds is 3. The van der Waals surface area contributed by atoms with Crippen molar-refractivity contribution in [2.24, 2.45) is 0 Å². The molecule has 0 aliphatic heterocycles. The van der Waals surface area contributed by atoms with Crippen molar-refractivity contribution >= 4 is 22.9 Å². The van der Waals surface area contributed by atoms with Crippen LogP contribution in [0, 0.1) is 27.7 Å². The summed E-state index contributed by atoms with van der Waals surface area (Å²) < 4.78 is 0. The maximum absolute atomic E-state index is 12.6. The lowest BCUT2D eigenvalue weighted by molar-refractivity contribution is 0.102. The maximum Gasteiger partial charge on any atom is 0.275 e. The highest BCUT2D eigenvalue weighted by atomic mass is 32.1. The lowest BCUT2D eigenvalue weighted by atomic mass is 10.1. The average molecular weight is 336 g/mol. The fraction of sp³-hybridized carbons (Fsp3) is 0.200. The van der Waals surface area contributed by atoms with Gasteiger partial charge in [-0.2, -0.15) is 0 Å². The number of hydrogen-bond acceptors (Lipinski definition) is 3. The van der Waals surface area contributed by atoms with E-state index >= 15 is 0 Å². The number of aryl methyl sites for hydroxylation is 4. The Labute approximate surface area is 146 Å². The van der Waals surface area contributed by atoms with E-state index in [0.29, 0.717) is 5.69 Å². The zero-order valence-electron chi connectivity index (χ0n) is 14.3. The van der Waals surface area contributed by atoms with Gasteiger partial charge in [-0.3, -0.25) is 4.79 Å². The predicted octanol–water partition coefficient (Wildman–Crippen LogP) is 5.30. The highest BCUT2D eigenvalue weighted by Gasteiger charge is 2.16. The molecule has 1 N–H and O–H groups in total. The lowest BCUT2D eigenvalue weighted by Gasteiger charge is -2.06. The van der Waals surface area contributed by atoms with Crippen LogP contribution < -0.4 is 5.32 Å². The van der Waals surface area contributed by atoms with Crippen LogP contribution in [0.2, 0.25) is 0 Å². The minimum absolute atomic E-state index is 0.162. The van der Waals surface area contributed by atoms with Gasteiger partial charge < -0.3 is 5.32 Å². The highest BCUT2D eigenvalue weighted by Crippen LogP contribution is 2.28. The van der Waals surface area contributed by atoms with Gasteiger partial charge in [0.2, 0.25) is 0 Å². The van der Waals surface area contributed by atoms with Gasteiger partial charge in [0.25, 0.3) is 5.91 Å². The van der Waals surface area contributed by atoms with Gasteiger partial charge in [-0.15, -0.1) is 11.3 Å². The molecule has 3 rings (SSSR count). The SMILES string of the molecule is Cc1ccc(-c2nc(C(=O)Nc3ccc(C)c(C)c3)c(C)s2)cc1. The first kappa shape index (κ1) is 16.4. The number of nitrogens with zero attached hydrogens (tertiary/aromatic N) is 1. The number of nitrogens with one attached hydrogen (secondary N) is 1. The highest BCUT2D eigenvalue weighted by molar-refractivity contribution is 7.15. The zero-order chi connectivity index (χ0) is 17.3. The third-order valence-corrected chi connectivity index (χ3v) is 5.09. The van der Waals surface area contributed by atoms with Gasteiger partial charge in [0.1, 0.15) is 10.7 Å². The van der Waals surface area contributed by atoms with Crippen molar-refractivity contribution in [1.29, 1.82) is 0 Å². The monoisotopic (exact) mass is 336 g/mol. The quantitative estimate of drug-likeness (QED) is 0.705. The van der Waals surface area contributed by atoms with Gasteiger partial charge in [0.05, 0.1) is 0 Å². The molecule has 0 unspecified atom stereocenters. The molecule has 2 aromatic carbocycles. The Hall–Kier alpha value is -2.46. The van der Waals surface area contributed by atoms with Crippen LogP contribution in [0.25, 0.3) is 10.6 Å². The Balaban J connectivity index is 1.85. The normalized spacial score (nSPS) is 10.7. The van der Waals surface area contributed by atoms with E-state index in [2.05, 4.69) is 36.3 Å². The number of aromatic nitrogens is 1. The number of anilines is 1. The van der Waals surface area contributed by atoms with Gasteiger partial charge >= 0.3 is 0 Å². The van der Waals surface area contributed by atoms with Crippen molar-refractivity contribution in [1.82, 2.24) is 4.98 Å². The molecular formula is C20H20N2OS. The number of hydrogen-bond donors (Lipinski definition) is 1. The topological polar surface area (TPSA) is 42.0 Å². The van der Waals surface area contributed by atoms with Crippen LogP contribution in [-0.4, -0.2) is 10.9 Å². The molecule has 0 aliphatic carbocycles. The van der Waals surface area contributed by atoms with Crippen LogP contribution in [-0.2, 0) is 0 Å². The fourth-order valence-electron chi connectivity index (χ4n) is 2.44. The third kappa shape index (κ3) is 3.39. The number of amides is 1. The summed E-state index contributed by atoms with van der Waals surface area (Å²) in [6.45, 7) is 8.08. The molecule has 0 aliphatic rings. The average Bonchev–Trinajstić information content (AvgIpc) is 2.93. The van der Waals surface area contributed by atoms with Crippen LogP contribution >= 0.6 is 11.3 Å². The van der Waals surface area contributed by atoms with Gasteiger partial charge in [0.15, 0.2) is 0 Å². The molecule has 3 nitrogen and oxygen atoms in total. The molecule has 1 heterocycles. The Bertz CT molecular complexity index is 895. The van der Waals surface area contributed by atoms with Crippen molar-refractivity contribution in [3.63, 3.8) is 0 Å². The minimum atomic E-state index is -0.162. The van der Waals surface area contributed by atoms with Crippen LogP contribution in [0.15, 0.2) is 42.5 Å². The Morgan fingerprint density at radius 1 is 0.958 bits per heavy atom. The van der Waals surface area contributed by atoms with E-state index in [1.165, 1.54) is 11.1 Å². The van der Waals surface area contributed by atoms with Crippen molar-refractivity contribution in [2.75, 3.05) is 5.32 Å². The third-order valence-electron chi connectivity index (χ3n) is 4.07. The first-order valence-electron chi connectivity index (χ1n) is 7.87. The lowest BCUT2D eigenvalue weighted by Crippen LogP contribution is -2.13. The largest absolute Gasteiger partial charge is 0.321 e. The van der Waals surface area contributed by atoms with Crippen LogP contribution in [0.4, 0.5) is 5.69 Å². The van der Waals surface area contributed by atoms with Gasteiger partial charge in [-0.05, 0) is 51.0 Å². The van der Waals surface area contributed by atoms with E-state index in [1.807, 2.05) is 44.2 Å². The molecule has 0 bridgehead atoms. The molecule has 1 amide bonds. The van der Waals surface area contributed by atoms with Crippen molar-refractivity contribution in [3.8, 4) is 10.6 Å². The number of carbonyl (C=O) groups is 1. The van der Waals surface area contributed by atoms with E-state index in [0.717, 1.165) is 26.7 Å². The summed E-state index contributed by atoms with van der Waals surface area (Å²) in [5.41, 5.74) is 5.91. The number of carbonyl (C=O) groups excluding carboxylic acids is 1. The Kier molecular flexibility index (Phi) is 4.49. The van der Waals surface area contributed by atoms with E-state index in [9.17, 15) is 4.79 Å². The molecule has 0 spiro atoms. The second-order valence-corrected chi connectivity index (χ2v) is 7.25. The molecule has 122 valence electrons. The molecule has 0 saturated carbocycles. The number of benzene rings is 2. The second-order valence-electron chi connectivity index (χ2n) is 6.04. The van der Waals surface area contributed by atoms with Crippen molar-refractivity contribution in [2.45, 2.75) is 27.7 Å². The molecular weight excluding hydrogens is 316 g/mol. The smallest absolute Gasteiger partial charge is 0.275 e. The summed E-state index contributed by atoms with van der Waals surface area (Å²) >= 11 is 1.55. The molecule has 1 aromatic heterocycles. The van der Waals surface area contributed by atoms with Gasteiger partial charge in [0, 0.05) is 16.1 Å². The van der Waals surface area contributed by atoms with Crippen molar-refractivity contribution in [3.05, 3.63) is 69.7 Å². The minimum Gasteiger partial charge on any atom is -0.321 e. The molecule has 24 heavy (non-hydrogen) atoms. The van der Waals surface area contributed by atoms with E-state index < -0.39 is 0 Å². The van der Waals surface area contributed by atoms with E-state index in [1.54, 1.807) is 11.3 Å². The summed E-state index contributed by atoms with van der Waals surface area (Å²) in [6.07, 6.45) is 0. The molecule has 3 aromatic rings. The van der Waals surface area contributed by atoms with Gasteiger partial charge in [-0.1, -0.05) is 35.9 Å². The molecule has 0 saturated heterocycles. The van der Waals surface area contributed by atoms with Gasteiger partial charge in [-0.25, -0.2) is 4.98 Å². The summed E-state index contributed by atoms with van der Waals surface area (Å²) in [5.74, 6) is -0.162. The first-order chi connectivity index (χ1) is 11.4. The summed E-state index contributed by atoms with van der Waals surface area (Å²) in [4.78, 5) is 18.0. The summed E-state index contributed by atoms with van der Waals surface area (Å²) in [5, 5.41) is 3.82. The Morgan fingerprint density at radius 2 is 1.67 bits per heavy atom. The second kappa shape index (κ2) is 6.57. The molecule has 4 heteroatoms. The predicted molar refractivity (Wildman–Crippen MR) is 101 cm³/mol. The van der Waals surface area contributed by atoms with E-state index in [4.69, 9.17) is 0 Å². The van der Waals surface area contributed by atoms with E-state index in [-0.39, 0.29) is 5.91 Å². The maximum atomic E-state index is 12.6. The molecule has 0 radical (unpaired) electrons. The molecule has 0 atom stereocenters. The van der Waals surface area contributed by atoms with Crippen LogP contribution in [0.5, 0.6) is 0 Å². The summed E-state index contributed by atoms with van der Waals surface area (Å²) in [7, 11) is 0. The molecule has 0 fully saturated rings. The first-order valence-corrected chi connectivity index (χ1v) is 8.69.